The zero-order valence-corrected chi connectivity index (χ0v) is 16.6. The fourth-order valence-corrected chi connectivity index (χ4v) is 4.59. The van der Waals surface area contributed by atoms with Crippen LogP contribution in [0, 0.1) is 0 Å². The number of amides is 1. The zero-order valence-electron chi connectivity index (χ0n) is 16.6. The molecule has 2 aliphatic rings. The molecule has 150 valence electrons. The number of aromatic nitrogens is 5. The highest BCUT2D eigenvalue weighted by atomic mass is 16.2. The van der Waals surface area contributed by atoms with Crippen LogP contribution in [0.15, 0.2) is 49.1 Å². The number of aryl methyl sites for hydroxylation is 1. The van der Waals surface area contributed by atoms with Gasteiger partial charge in [-0.15, -0.1) is 0 Å². The first-order valence-corrected chi connectivity index (χ1v) is 10.1. The van der Waals surface area contributed by atoms with Gasteiger partial charge in [0.05, 0.1) is 30.4 Å². The Kier molecular flexibility index (Phi) is 4.43. The SMILES string of the molecule is Cn1nccc1CN1CCC2(CC1)CC(=O)N(Cc1ccncc1)c1ccnn12. The number of nitrogens with zero attached hydrogens (tertiary/aromatic N) is 7. The van der Waals surface area contributed by atoms with E-state index in [0.29, 0.717) is 13.0 Å². The molecule has 0 N–H and O–H groups in total. The number of carbonyl (C=O) groups excluding carboxylic acids is 1. The quantitative estimate of drug-likeness (QED) is 0.680. The summed E-state index contributed by atoms with van der Waals surface area (Å²) in [4.78, 5) is 21.5. The Morgan fingerprint density at radius 1 is 0.966 bits per heavy atom. The van der Waals surface area contributed by atoms with Crippen molar-refractivity contribution in [3.8, 4) is 0 Å². The number of anilines is 1. The highest BCUT2D eigenvalue weighted by Gasteiger charge is 2.45. The largest absolute Gasteiger partial charge is 0.297 e. The number of hydrogen-bond acceptors (Lipinski definition) is 5. The third-order valence-corrected chi connectivity index (χ3v) is 6.31. The lowest BCUT2D eigenvalue weighted by molar-refractivity contribution is -0.123. The third kappa shape index (κ3) is 3.23. The molecule has 3 aromatic rings. The van der Waals surface area contributed by atoms with Crippen molar-refractivity contribution in [2.75, 3.05) is 18.0 Å². The Morgan fingerprint density at radius 2 is 1.72 bits per heavy atom. The van der Waals surface area contributed by atoms with Gasteiger partial charge in [-0.2, -0.15) is 10.2 Å². The molecule has 5 rings (SSSR count). The smallest absolute Gasteiger partial charge is 0.230 e. The number of rotatable bonds is 4. The lowest BCUT2D eigenvalue weighted by Crippen LogP contribution is -2.53. The minimum absolute atomic E-state index is 0.176. The fraction of sp³-hybridized carbons (Fsp3) is 0.429. The molecule has 1 saturated heterocycles. The van der Waals surface area contributed by atoms with Crippen molar-refractivity contribution in [2.45, 2.75) is 37.9 Å². The molecule has 0 saturated carbocycles. The molecule has 1 fully saturated rings. The number of likely N-dealkylation sites (tertiary alicyclic amines) is 1. The predicted molar refractivity (Wildman–Crippen MR) is 108 cm³/mol. The van der Waals surface area contributed by atoms with E-state index < -0.39 is 0 Å². The second kappa shape index (κ2) is 7.11. The Balaban J connectivity index is 1.34. The molecule has 1 spiro atoms. The summed E-state index contributed by atoms with van der Waals surface area (Å²) >= 11 is 0. The Labute approximate surface area is 169 Å². The van der Waals surface area contributed by atoms with Crippen LogP contribution in [0.4, 0.5) is 5.82 Å². The van der Waals surface area contributed by atoms with Gasteiger partial charge in [0.2, 0.25) is 5.91 Å². The van der Waals surface area contributed by atoms with Gasteiger partial charge in [0.15, 0.2) is 0 Å². The highest BCUT2D eigenvalue weighted by molar-refractivity contribution is 5.94. The molecule has 5 heterocycles. The fourth-order valence-electron chi connectivity index (χ4n) is 4.59. The highest BCUT2D eigenvalue weighted by Crippen LogP contribution is 2.41. The summed E-state index contributed by atoms with van der Waals surface area (Å²) < 4.78 is 4.04. The van der Waals surface area contributed by atoms with Gasteiger partial charge in [-0.3, -0.25) is 24.3 Å². The summed E-state index contributed by atoms with van der Waals surface area (Å²) in [6.45, 7) is 3.33. The molecule has 0 aromatic carbocycles. The molecule has 0 atom stereocenters. The number of fused-ring (bicyclic) bond motifs is 2. The molecule has 0 bridgehead atoms. The van der Waals surface area contributed by atoms with E-state index >= 15 is 0 Å². The van der Waals surface area contributed by atoms with Crippen molar-refractivity contribution in [3.63, 3.8) is 0 Å². The average molecular weight is 391 g/mol. The number of piperidine rings is 1. The zero-order chi connectivity index (χ0) is 19.8. The topological polar surface area (TPSA) is 72.1 Å². The van der Waals surface area contributed by atoms with Crippen LogP contribution in [0.2, 0.25) is 0 Å². The molecule has 2 aliphatic heterocycles. The van der Waals surface area contributed by atoms with Gasteiger partial charge in [-0.25, -0.2) is 4.68 Å². The summed E-state index contributed by atoms with van der Waals surface area (Å²) in [5.74, 6) is 1.08. The van der Waals surface area contributed by atoms with Crippen LogP contribution < -0.4 is 4.90 Å². The lowest BCUT2D eigenvalue weighted by atomic mass is 9.82. The van der Waals surface area contributed by atoms with E-state index in [4.69, 9.17) is 0 Å². The minimum Gasteiger partial charge on any atom is -0.297 e. The summed E-state index contributed by atoms with van der Waals surface area (Å²) in [6, 6.07) is 7.93. The van der Waals surface area contributed by atoms with Crippen LogP contribution in [0.1, 0.15) is 30.5 Å². The van der Waals surface area contributed by atoms with Crippen LogP contribution in [0.25, 0.3) is 0 Å². The maximum Gasteiger partial charge on any atom is 0.230 e. The monoisotopic (exact) mass is 391 g/mol. The second-order valence-electron chi connectivity index (χ2n) is 8.06. The molecule has 29 heavy (non-hydrogen) atoms. The van der Waals surface area contributed by atoms with E-state index in [-0.39, 0.29) is 11.4 Å². The van der Waals surface area contributed by atoms with Crippen LogP contribution in [0.5, 0.6) is 0 Å². The van der Waals surface area contributed by atoms with Crippen molar-refractivity contribution in [1.82, 2.24) is 29.4 Å². The molecule has 0 unspecified atom stereocenters. The van der Waals surface area contributed by atoms with Gasteiger partial charge < -0.3 is 0 Å². The molecular formula is C21H25N7O. The first-order chi connectivity index (χ1) is 14.1. The summed E-state index contributed by atoms with van der Waals surface area (Å²) in [7, 11) is 1.98. The third-order valence-electron chi connectivity index (χ3n) is 6.31. The van der Waals surface area contributed by atoms with E-state index in [1.54, 1.807) is 12.4 Å². The van der Waals surface area contributed by atoms with Crippen molar-refractivity contribution in [1.29, 1.82) is 0 Å². The molecule has 8 heteroatoms. The molecule has 0 radical (unpaired) electrons. The molecular weight excluding hydrogens is 366 g/mol. The molecule has 0 aliphatic carbocycles. The summed E-state index contributed by atoms with van der Waals surface area (Å²) in [5, 5.41) is 8.92. The summed E-state index contributed by atoms with van der Waals surface area (Å²) in [5.41, 5.74) is 2.07. The standard InChI is InChI=1S/C21H25N7O/c1-25-18(4-10-23-25)16-26-12-6-21(7-13-26)14-20(29)27(19-5-11-24-28(19)21)15-17-2-8-22-9-3-17/h2-5,8-11H,6-7,12-16H2,1H3. The summed E-state index contributed by atoms with van der Waals surface area (Å²) in [6.07, 6.45) is 9.54. The number of pyridine rings is 1. The van der Waals surface area contributed by atoms with Crippen molar-refractivity contribution < 1.29 is 4.79 Å². The van der Waals surface area contributed by atoms with Gasteiger partial charge in [0.25, 0.3) is 0 Å². The van der Waals surface area contributed by atoms with Crippen LogP contribution in [-0.2, 0) is 30.5 Å². The Morgan fingerprint density at radius 3 is 2.45 bits per heavy atom. The van der Waals surface area contributed by atoms with Crippen molar-refractivity contribution in [2.24, 2.45) is 7.05 Å². The first kappa shape index (κ1) is 18.1. The van der Waals surface area contributed by atoms with Gasteiger partial charge in [0, 0.05) is 51.3 Å². The van der Waals surface area contributed by atoms with Gasteiger partial charge in [-0.1, -0.05) is 0 Å². The normalized spacial score (nSPS) is 18.9. The maximum absolute atomic E-state index is 13.2. The van der Waals surface area contributed by atoms with Gasteiger partial charge >= 0.3 is 0 Å². The molecule has 1 amide bonds. The van der Waals surface area contributed by atoms with E-state index in [0.717, 1.165) is 43.9 Å². The number of carbonyl (C=O) groups is 1. The molecule has 8 nitrogen and oxygen atoms in total. The second-order valence-corrected chi connectivity index (χ2v) is 8.06. The van der Waals surface area contributed by atoms with Crippen molar-refractivity contribution in [3.05, 3.63) is 60.3 Å². The van der Waals surface area contributed by atoms with Crippen LogP contribution in [0.3, 0.4) is 0 Å². The van der Waals surface area contributed by atoms with E-state index in [1.807, 2.05) is 47.2 Å². The Hall–Kier alpha value is -3.00. The van der Waals surface area contributed by atoms with Gasteiger partial charge in [-0.05, 0) is 36.6 Å². The van der Waals surface area contributed by atoms with Crippen LogP contribution in [-0.4, -0.2) is 48.4 Å². The van der Waals surface area contributed by atoms with Crippen LogP contribution >= 0.6 is 0 Å². The maximum atomic E-state index is 13.2. The lowest BCUT2D eigenvalue weighted by Gasteiger charge is -2.46. The predicted octanol–water partition coefficient (Wildman–Crippen LogP) is 1.94. The Bertz CT molecular complexity index is 1000. The first-order valence-electron chi connectivity index (χ1n) is 10.1. The van der Waals surface area contributed by atoms with Gasteiger partial charge in [0.1, 0.15) is 5.82 Å². The van der Waals surface area contributed by atoms with E-state index in [2.05, 4.69) is 30.8 Å². The molecule has 3 aromatic heterocycles. The average Bonchev–Trinajstić information content (AvgIpc) is 3.38. The van der Waals surface area contributed by atoms with E-state index in [9.17, 15) is 4.79 Å². The minimum atomic E-state index is -0.215. The van der Waals surface area contributed by atoms with Crippen molar-refractivity contribution >= 4 is 11.7 Å². The number of hydrogen-bond donors (Lipinski definition) is 0. The van der Waals surface area contributed by atoms with E-state index in [1.165, 1.54) is 5.69 Å².